The Balaban J connectivity index is 3.63. The third kappa shape index (κ3) is 3.04. The van der Waals surface area contributed by atoms with Crippen molar-refractivity contribution in [3.63, 3.8) is 0 Å². The van der Waals surface area contributed by atoms with Crippen molar-refractivity contribution in [2.45, 2.75) is 11.5 Å². The predicted octanol–water partition coefficient (Wildman–Crippen LogP) is 1.18. The van der Waals surface area contributed by atoms with Crippen molar-refractivity contribution in [3.05, 3.63) is 25.3 Å². The highest BCUT2D eigenvalue weighted by Gasteiger charge is 2.30. The molecule has 1 aromatic rings. The first-order valence-electron chi connectivity index (χ1n) is 3.80. The van der Waals surface area contributed by atoms with Gasteiger partial charge in [-0.3, -0.25) is 0 Å². The van der Waals surface area contributed by atoms with Gasteiger partial charge in [0.05, 0.1) is 3.57 Å². The summed E-state index contributed by atoms with van der Waals surface area (Å²) >= 11 is 1.41. The fourth-order valence-corrected chi connectivity index (χ4v) is 2.90. The van der Waals surface area contributed by atoms with Crippen LogP contribution in [-0.4, -0.2) is 18.3 Å². The zero-order valence-corrected chi connectivity index (χ0v) is 10.8. The summed E-state index contributed by atoms with van der Waals surface area (Å²) in [7, 11) is -4.30. The average molecular weight is 379 g/mol. The van der Waals surface area contributed by atoms with E-state index in [4.69, 9.17) is 5.14 Å². The number of primary sulfonamides is 1. The highest BCUT2D eigenvalue weighted by molar-refractivity contribution is 14.1. The van der Waals surface area contributed by atoms with E-state index in [2.05, 4.69) is 4.98 Å². The molecule has 0 aliphatic carbocycles. The summed E-state index contributed by atoms with van der Waals surface area (Å²) in [6.07, 6.45) is -3.13. The molecular formula is C6H4F2IN3O4S. The molecule has 94 valence electrons. The predicted molar refractivity (Wildman–Crippen MR) is 59.9 cm³/mol. The van der Waals surface area contributed by atoms with Crippen LogP contribution < -0.4 is 5.14 Å². The van der Waals surface area contributed by atoms with Crippen molar-refractivity contribution in [1.29, 1.82) is 0 Å². The summed E-state index contributed by atoms with van der Waals surface area (Å²) in [5, 5.41) is 14.4. The molecule has 0 fully saturated rings. The number of hydrogen-bond acceptors (Lipinski definition) is 5. The molecule has 1 heterocycles. The molecule has 0 atom stereocenters. The smallest absolute Gasteiger partial charge is 0.358 e. The van der Waals surface area contributed by atoms with Gasteiger partial charge in [-0.05, 0) is 38.6 Å². The molecule has 11 heteroatoms. The third-order valence-electron chi connectivity index (χ3n) is 1.63. The first-order valence-corrected chi connectivity index (χ1v) is 6.43. The lowest BCUT2D eigenvalue weighted by molar-refractivity contribution is -0.391. The van der Waals surface area contributed by atoms with Gasteiger partial charge in [0.2, 0.25) is 0 Å². The number of aromatic nitrogens is 1. The van der Waals surface area contributed by atoms with Crippen LogP contribution >= 0.6 is 22.6 Å². The van der Waals surface area contributed by atoms with E-state index >= 15 is 0 Å². The largest absolute Gasteiger partial charge is 0.373 e. The second kappa shape index (κ2) is 4.73. The fraction of sp³-hybridized carbons (Fsp3) is 0.167. The lowest BCUT2D eigenvalue weighted by Crippen LogP contribution is -2.17. The Bertz CT molecular complexity index is 577. The van der Waals surface area contributed by atoms with Crippen molar-refractivity contribution in [2.75, 3.05) is 0 Å². The molecule has 1 rings (SSSR count). The van der Waals surface area contributed by atoms with Crippen molar-refractivity contribution in [2.24, 2.45) is 5.14 Å². The molecule has 0 aliphatic heterocycles. The molecule has 2 N–H and O–H groups in total. The van der Waals surface area contributed by atoms with Crippen LogP contribution in [0.1, 0.15) is 12.0 Å². The number of sulfonamides is 1. The summed E-state index contributed by atoms with van der Waals surface area (Å²) in [4.78, 5) is 12.4. The second-order valence-corrected chi connectivity index (χ2v) is 5.43. The van der Waals surface area contributed by atoms with Crippen molar-refractivity contribution in [3.8, 4) is 0 Å². The van der Waals surface area contributed by atoms with Crippen LogP contribution in [0.5, 0.6) is 0 Å². The molecule has 0 aromatic carbocycles. The van der Waals surface area contributed by atoms with E-state index in [9.17, 15) is 27.3 Å². The summed E-state index contributed by atoms with van der Waals surface area (Å²) in [6, 6.07) is 0.677. The van der Waals surface area contributed by atoms with Gasteiger partial charge in [-0.2, -0.15) is 0 Å². The molecule has 0 amide bonds. The van der Waals surface area contributed by atoms with Crippen LogP contribution in [0.25, 0.3) is 0 Å². The number of hydrogen-bond donors (Lipinski definition) is 1. The minimum Gasteiger partial charge on any atom is -0.358 e. The molecule has 0 radical (unpaired) electrons. The summed E-state index contributed by atoms with van der Waals surface area (Å²) < 4.78 is 46.8. The SMILES string of the molecule is NS(=O)(=O)c1nc([N+](=O)[O-])c(C(F)F)cc1I. The maximum absolute atomic E-state index is 12.5. The molecular weight excluding hydrogens is 375 g/mol. The molecule has 0 spiro atoms. The maximum Gasteiger partial charge on any atom is 0.373 e. The Morgan fingerprint density at radius 2 is 2.06 bits per heavy atom. The molecule has 0 bridgehead atoms. The van der Waals surface area contributed by atoms with E-state index in [0.29, 0.717) is 6.07 Å². The topological polar surface area (TPSA) is 116 Å². The Hall–Kier alpha value is -0.950. The normalized spacial score (nSPS) is 11.8. The van der Waals surface area contributed by atoms with Gasteiger partial charge in [-0.1, -0.05) is 0 Å². The lowest BCUT2D eigenvalue weighted by atomic mass is 10.3. The van der Waals surface area contributed by atoms with E-state index in [-0.39, 0.29) is 3.57 Å². The number of nitro groups is 1. The minimum absolute atomic E-state index is 0.203. The van der Waals surface area contributed by atoms with E-state index < -0.39 is 37.8 Å². The van der Waals surface area contributed by atoms with E-state index in [1.54, 1.807) is 0 Å². The van der Waals surface area contributed by atoms with E-state index in [1.165, 1.54) is 22.6 Å². The van der Waals surface area contributed by atoms with Crippen molar-refractivity contribution < 1.29 is 22.1 Å². The number of rotatable bonds is 3. The van der Waals surface area contributed by atoms with Crippen molar-refractivity contribution in [1.82, 2.24) is 4.98 Å². The van der Waals surface area contributed by atoms with E-state index in [1.807, 2.05) is 0 Å². The standard InChI is InChI=1S/C6H4F2IN3O4S/c7-4(8)2-1-3(9)6(17(10,15)16)11-5(2)12(13)14/h1,4H,(H2,10,15,16). The lowest BCUT2D eigenvalue weighted by Gasteiger charge is -2.03. The van der Waals surface area contributed by atoms with Crippen LogP contribution in [0.2, 0.25) is 0 Å². The zero-order chi connectivity index (χ0) is 13.4. The van der Waals surface area contributed by atoms with Crippen LogP contribution in [0.4, 0.5) is 14.6 Å². The number of nitrogens with zero attached hydrogens (tertiary/aromatic N) is 2. The minimum atomic E-state index is -4.30. The van der Waals surface area contributed by atoms with Gasteiger partial charge in [0, 0.05) is 0 Å². The van der Waals surface area contributed by atoms with E-state index in [0.717, 1.165) is 0 Å². The Morgan fingerprint density at radius 3 is 2.41 bits per heavy atom. The molecule has 0 aliphatic rings. The monoisotopic (exact) mass is 379 g/mol. The molecule has 1 aromatic heterocycles. The van der Waals surface area contributed by atoms with Crippen molar-refractivity contribution >= 4 is 38.4 Å². The highest BCUT2D eigenvalue weighted by Crippen LogP contribution is 2.30. The Kier molecular flexibility index (Phi) is 3.93. The van der Waals surface area contributed by atoms with Crippen LogP contribution in [-0.2, 0) is 10.0 Å². The highest BCUT2D eigenvalue weighted by atomic mass is 127. The Labute approximate surface area is 107 Å². The molecule has 0 saturated heterocycles. The summed E-state index contributed by atoms with van der Waals surface area (Å²) in [5.74, 6) is -1.22. The van der Waals surface area contributed by atoms with Gasteiger partial charge >= 0.3 is 5.82 Å². The second-order valence-electron chi connectivity index (χ2n) is 2.79. The van der Waals surface area contributed by atoms with Gasteiger partial charge in [-0.25, -0.2) is 22.3 Å². The molecule has 0 unspecified atom stereocenters. The van der Waals surface area contributed by atoms with Gasteiger partial charge in [0.15, 0.2) is 0 Å². The average Bonchev–Trinajstić information content (AvgIpc) is 2.14. The van der Waals surface area contributed by atoms with Gasteiger partial charge in [0.25, 0.3) is 21.5 Å². The first kappa shape index (κ1) is 14.1. The number of pyridine rings is 1. The molecule has 17 heavy (non-hydrogen) atoms. The number of halogens is 3. The van der Waals surface area contributed by atoms with Crippen LogP contribution in [0.15, 0.2) is 11.1 Å². The summed E-state index contributed by atoms with van der Waals surface area (Å²) in [5.41, 5.74) is -0.952. The third-order valence-corrected chi connectivity index (χ3v) is 3.67. The zero-order valence-electron chi connectivity index (χ0n) is 7.80. The van der Waals surface area contributed by atoms with Gasteiger partial charge in [0.1, 0.15) is 5.56 Å². The van der Waals surface area contributed by atoms with Gasteiger partial charge in [-0.15, -0.1) is 0 Å². The quantitative estimate of drug-likeness (QED) is 0.481. The molecule has 0 saturated carbocycles. The number of nitrogens with two attached hydrogens (primary N) is 1. The number of alkyl halides is 2. The van der Waals surface area contributed by atoms with Gasteiger partial charge < -0.3 is 10.1 Å². The summed E-state index contributed by atoms with van der Waals surface area (Å²) in [6.45, 7) is 0. The molecule has 7 nitrogen and oxygen atoms in total. The maximum atomic E-state index is 12.5. The van der Waals surface area contributed by atoms with Crippen LogP contribution in [0, 0.1) is 13.7 Å². The first-order chi connectivity index (χ1) is 7.64. The fourth-order valence-electron chi connectivity index (χ4n) is 0.983. The Morgan fingerprint density at radius 1 is 1.53 bits per heavy atom. The van der Waals surface area contributed by atoms with Crippen LogP contribution in [0.3, 0.4) is 0 Å².